The molecule has 3 nitrogen and oxygen atoms in total. The molecule has 0 saturated heterocycles. The van der Waals surface area contributed by atoms with Crippen LogP contribution in [0.2, 0.25) is 0 Å². The summed E-state index contributed by atoms with van der Waals surface area (Å²) in [4.78, 5) is 10.8. The lowest BCUT2D eigenvalue weighted by Gasteiger charge is -2.26. The summed E-state index contributed by atoms with van der Waals surface area (Å²) in [6.07, 6.45) is 1.58. The Balaban J connectivity index is 2.65. The largest absolute Gasteiger partial charge is 0.481 e. The Labute approximate surface area is 79.3 Å². The summed E-state index contributed by atoms with van der Waals surface area (Å²) in [5, 5.41) is 8.89. The van der Waals surface area contributed by atoms with Gasteiger partial charge in [-0.1, -0.05) is 20.8 Å². The number of hydrogen-bond acceptors (Lipinski definition) is 2. The molecule has 3 atom stereocenters. The van der Waals surface area contributed by atoms with E-state index in [-0.39, 0.29) is 17.4 Å². The first-order valence-corrected chi connectivity index (χ1v) is 4.80. The van der Waals surface area contributed by atoms with E-state index in [0.29, 0.717) is 5.92 Å². The van der Waals surface area contributed by atoms with Crippen molar-refractivity contribution in [1.82, 2.24) is 0 Å². The number of carboxylic acid groups (broad SMARTS) is 1. The summed E-state index contributed by atoms with van der Waals surface area (Å²) in [6.45, 7) is 6.44. The summed E-state index contributed by atoms with van der Waals surface area (Å²) < 4.78 is 0. The average Bonchev–Trinajstić information content (AvgIpc) is 2.29. The molecule has 0 amide bonds. The molecular formula is C10H19NO2. The molecule has 0 aliphatic heterocycles. The van der Waals surface area contributed by atoms with E-state index in [4.69, 9.17) is 10.8 Å². The number of rotatable bonds is 1. The van der Waals surface area contributed by atoms with Crippen LogP contribution < -0.4 is 5.73 Å². The minimum Gasteiger partial charge on any atom is -0.481 e. The van der Waals surface area contributed by atoms with Gasteiger partial charge in [-0.15, -0.1) is 0 Å². The number of hydrogen-bond donors (Lipinski definition) is 2. The van der Waals surface area contributed by atoms with E-state index in [1.807, 2.05) is 0 Å². The Kier molecular flexibility index (Phi) is 2.66. The van der Waals surface area contributed by atoms with Crippen molar-refractivity contribution >= 4 is 5.97 Å². The second-order valence-electron chi connectivity index (χ2n) is 5.14. The van der Waals surface area contributed by atoms with Crippen LogP contribution in [-0.2, 0) is 4.79 Å². The van der Waals surface area contributed by atoms with Gasteiger partial charge in [-0.05, 0) is 24.2 Å². The van der Waals surface area contributed by atoms with Crippen LogP contribution in [0.4, 0.5) is 0 Å². The molecule has 0 bridgehead atoms. The van der Waals surface area contributed by atoms with Crippen LogP contribution in [0.25, 0.3) is 0 Å². The zero-order valence-corrected chi connectivity index (χ0v) is 8.58. The van der Waals surface area contributed by atoms with Crippen LogP contribution in [0.15, 0.2) is 0 Å². The highest BCUT2D eigenvalue weighted by molar-refractivity contribution is 5.71. The Hall–Kier alpha value is -0.570. The van der Waals surface area contributed by atoms with Gasteiger partial charge in [0.1, 0.15) is 0 Å². The molecule has 0 spiro atoms. The molecular weight excluding hydrogens is 166 g/mol. The molecule has 0 aromatic carbocycles. The van der Waals surface area contributed by atoms with Crippen LogP contribution in [0.1, 0.15) is 33.6 Å². The van der Waals surface area contributed by atoms with Crippen molar-refractivity contribution in [3.63, 3.8) is 0 Å². The first-order valence-electron chi connectivity index (χ1n) is 4.80. The van der Waals surface area contributed by atoms with Gasteiger partial charge in [0.25, 0.3) is 0 Å². The molecule has 0 radical (unpaired) electrons. The fourth-order valence-electron chi connectivity index (χ4n) is 2.06. The lowest BCUT2D eigenvalue weighted by atomic mass is 9.79. The Bertz CT molecular complexity index is 207. The van der Waals surface area contributed by atoms with E-state index in [1.165, 1.54) is 0 Å². The molecule has 3 N–H and O–H groups in total. The maximum Gasteiger partial charge on any atom is 0.308 e. The van der Waals surface area contributed by atoms with Crippen molar-refractivity contribution in [2.24, 2.45) is 23.0 Å². The predicted molar refractivity (Wildman–Crippen MR) is 51.3 cm³/mol. The fourth-order valence-corrected chi connectivity index (χ4v) is 2.06. The highest BCUT2D eigenvalue weighted by atomic mass is 16.4. The molecule has 1 saturated carbocycles. The van der Waals surface area contributed by atoms with Crippen LogP contribution in [0.5, 0.6) is 0 Å². The SMILES string of the molecule is CC(C)(C)C1CC(N)C(C(=O)O)C1. The van der Waals surface area contributed by atoms with Crippen molar-refractivity contribution < 1.29 is 9.90 Å². The van der Waals surface area contributed by atoms with Gasteiger partial charge >= 0.3 is 5.97 Å². The molecule has 1 aliphatic rings. The van der Waals surface area contributed by atoms with Crippen molar-refractivity contribution in [3.8, 4) is 0 Å². The minimum absolute atomic E-state index is 0.151. The Morgan fingerprint density at radius 2 is 1.92 bits per heavy atom. The molecule has 1 fully saturated rings. The van der Waals surface area contributed by atoms with E-state index < -0.39 is 5.97 Å². The van der Waals surface area contributed by atoms with Gasteiger partial charge in [0.15, 0.2) is 0 Å². The molecule has 1 aliphatic carbocycles. The topological polar surface area (TPSA) is 63.3 Å². The number of aliphatic carboxylic acids is 1. The van der Waals surface area contributed by atoms with E-state index in [1.54, 1.807) is 0 Å². The maximum atomic E-state index is 10.8. The zero-order chi connectivity index (χ0) is 10.2. The third-order valence-electron chi connectivity index (χ3n) is 3.15. The molecule has 3 unspecified atom stereocenters. The highest BCUT2D eigenvalue weighted by Gasteiger charge is 2.41. The zero-order valence-electron chi connectivity index (χ0n) is 8.58. The smallest absolute Gasteiger partial charge is 0.308 e. The quantitative estimate of drug-likeness (QED) is 0.650. The fraction of sp³-hybridized carbons (Fsp3) is 0.900. The lowest BCUT2D eigenvalue weighted by Crippen LogP contribution is -2.30. The minimum atomic E-state index is -0.737. The number of carbonyl (C=O) groups is 1. The molecule has 1 rings (SSSR count). The number of carboxylic acids is 1. The molecule has 0 heterocycles. The van der Waals surface area contributed by atoms with Crippen LogP contribution >= 0.6 is 0 Å². The molecule has 0 aromatic rings. The normalized spacial score (nSPS) is 34.9. The lowest BCUT2D eigenvalue weighted by molar-refractivity contribution is -0.142. The van der Waals surface area contributed by atoms with E-state index >= 15 is 0 Å². The number of nitrogens with two attached hydrogens (primary N) is 1. The van der Waals surface area contributed by atoms with E-state index in [9.17, 15) is 4.79 Å². The van der Waals surface area contributed by atoms with Crippen molar-refractivity contribution in [3.05, 3.63) is 0 Å². The standard InChI is InChI=1S/C10H19NO2/c1-10(2,3)6-4-7(9(12)13)8(11)5-6/h6-8H,4-5,11H2,1-3H3,(H,12,13). The monoisotopic (exact) mass is 185 g/mol. The summed E-state index contributed by atoms with van der Waals surface area (Å²) in [7, 11) is 0. The van der Waals surface area contributed by atoms with Crippen LogP contribution in [0.3, 0.4) is 0 Å². The third kappa shape index (κ3) is 2.21. The molecule has 3 heteroatoms. The van der Waals surface area contributed by atoms with Gasteiger partial charge in [0.2, 0.25) is 0 Å². The summed E-state index contributed by atoms with van der Waals surface area (Å²) in [6, 6.07) is -0.151. The van der Waals surface area contributed by atoms with Crippen LogP contribution in [0, 0.1) is 17.3 Å². The third-order valence-corrected chi connectivity index (χ3v) is 3.15. The second kappa shape index (κ2) is 3.29. The second-order valence-corrected chi connectivity index (χ2v) is 5.14. The van der Waals surface area contributed by atoms with Gasteiger partial charge in [0, 0.05) is 6.04 Å². The molecule has 0 aromatic heterocycles. The Morgan fingerprint density at radius 3 is 2.15 bits per heavy atom. The summed E-state index contributed by atoms with van der Waals surface area (Å²) in [5.74, 6) is -0.618. The highest BCUT2D eigenvalue weighted by Crippen LogP contribution is 2.41. The Morgan fingerprint density at radius 1 is 1.38 bits per heavy atom. The van der Waals surface area contributed by atoms with Gasteiger partial charge in [0.05, 0.1) is 5.92 Å². The van der Waals surface area contributed by atoms with Gasteiger partial charge < -0.3 is 10.8 Å². The first-order chi connectivity index (χ1) is 5.82. The van der Waals surface area contributed by atoms with Crippen molar-refractivity contribution in [2.75, 3.05) is 0 Å². The summed E-state index contributed by atoms with van der Waals surface area (Å²) >= 11 is 0. The van der Waals surface area contributed by atoms with Crippen LogP contribution in [-0.4, -0.2) is 17.1 Å². The summed E-state index contributed by atoms with van der Waals surface area (Å²) in [5.41, 5.74) is 5.97. The van der Waals surface area contributed by atoms with Gasteiger partial charge in [-0.25, -0.2) is 0 Å². The van der Waals surface area contributed by atoms with Crippen molar-refractivity contribution in [2.45, 2.75) is 39.7 Å². The maximum absolute atomic E-state index is 10.8. The molecule has 13 heavy (non-hydrogen) atoms. The van der Waals surface area contributed by atoms with E-state index in [2.05, 4.69) is 20.8 Å². The average molecular weight is 185 g/mol. The van der Waals surface area contributed by atoms with Crippen molar-refractivity contribution in [1.29, 1.82) is 0 Å². The first kappa shape index (κ1) is 10.5. The molecule has 76 valence electrons. The predicted octanol–water partition coefficient (Wildman–Crippen LogP) is 1.47. The van der Waals surface area contributed by atoms with Gasteiger partial charge in [-0.3, -0.25) is 4.79 Å². The van der Waals surface area contributed by atoms with Gasteiger partial charge in [-0.2, -0.15) is 0 Å². The van der Waals surface area contributed by atoms with E-state index in [0.717, 1.165) is 12.8 Å².